The molecule has 0 aromatic rings. The molecule has 2 unspecified atom stereocenters. The zero-order valence-electron chi connectivity index (χ0n) is 11.2. The summed E-state index contributed by atoms with van der Waals surface area (Å²) in [6.45, 7) is 6.72. The topological polar surface area (TPSA) is 23.8 Å². The van der Waals surface area contributed by atoms with E-state index in [1.165, 1.54) is 11.1 Å². The van der Waals surface area contributed by atoms with Gasteiger partial charge in [0.2, 0.25) is 0 Å². The first-order valence-corrected chi connectivity index (χ1v) is 6.43. The van der Waals surface area contributed by atoms with Crippen molar-refractivity contribution in [2.75, 3.05) is 0 Å². The lowest BCUT2D eigenvalue weighted by atomic mass is 9.63. The lowest BCUT2D eigenvalue weighted by molar-refractivity contribution is 0.393. The summed E-state index contributed by atoms with van der Waals surface area (Å²) in [4.78, 5) is 0. The van der Waals surface area contributed by atoms with Gasteiger partial charge in [-0.1, -0.05) is 62.8 Å². The van der Waals surface area contributed by atoms with E-state index >= 15 is 0 Å². The van der Waals surface area contributed by atoms with Crippen LogP contribution < -0.4 is 0 Å². The number of nitriles is 1. The standard InChI is InChI=1S/C17H19N/c1-13(2)15-9-5-11-17(3)10-4-7-14(16(15)17)8-6-12-18/h4-11,13,16H,1-3H3/b8-6+. The molecule has 1 heteroatoms. The summed E-state index contributed by atoms with van der Waals surface area (Å²) in [5.74, 6) is 0.877. The number of nitrogens with zero attached hydrogens (tertiary/aromatic N) is 1. The smallest absolute Gasteiger partial charge is 0.0912 e. The summed E-state index contributed by atoms with van der Waals surface area (Å²) in [6.07, 6.45) is 16.6. The second kappa shape index (κ2) is 4.82. The third kappa shape index (κ3) is 2.11. The molecule has 2 rings (SSSR count). The van der Waals surface area contributed by atoms with E-state index in [1.54, 1.807) is 6.08 Å². The summed E-state index contributed by atoms with van der Waals surface area (Å²) in [5.41, 5.74) is 2.71. The Morgan fingerprint density at radius 3 is 2.56 bits per heavy atom. The predicted molar refractivity (Wildman–Crippen MR) is 75.6 cm³/mol. The molecule has 92 valence electrons. The summed E-state index contributed by atoms with van der Waals surface area (Å²) >= 11 is 0. The van der Waals surface area contributed by atoms with Gasteiger partial charge in [-0.25, -0.2) is 0 Å². The molecule has 0 bridgehead atoms. The fourth-order valence-electron chi connectivity index (χ4n) is 2.90. The highest BCUT2D eigenvalue weighted by Crippen LogP contribution is 2.47. The zero-order chi connectivity index (χ0) is 13.2. The highest BCUT2D eigenvalue weighted by molar-refractivity contribution is 5.47. The second-order valence-corrected chi connectivity index (χ2v) is 5.47. The van der Waals surface area contributed by atoms with E-state index in [-0.39, 0.29) is 5.41 Å². The van der Waals surface area contributed by atoms with Crippen molar-refractivity contribution in [3.05, 3.63) is 59.8 Å². The largest absolute Gasteiger partial charge is 0.193 e. The van der Waals surface area contributed by atoms with Crippen LogP contribution in [0.5, 0.6) is 0 Å². The minimum absolute atomic E-state index is 0.0399. The molecule has 0 aromatic heterocycles. The van der Waals surface area contributed by atoms with E-state index < -0.39 is 0 Å². The van der Waals surface area contributed by atoms with Crippen molar-refractivity contribution in [3.8, 4) is 6.07 Å². The Balaban J connectivity index is 2.47. The van der Waals surface area contributed by atoms with Crippen molar-refractivity contribution >= 4 is 0 Å². The molecule has 0 radical (unpaired) electrons. The van der Waals surface area contributed by atoms with Crippen molar-refractivity contribution in [1.29, 1.82) is 5.26 Å². The monoisotopic (exact) mass is 237 g/mol. The summed E-state index contributed by atoms with van der Waals surface area (Å²) in [7, 11) is 0. The van der Waals surface area contributed by atoms with E-state index in [0.29, 0.717) is 11.8 Å². The molecule has 0 heterocycles. The first kappa shape index (κ1) is 12.6. The average Bonchev–Trinajstić information content (AvgIpc) is 2.34. The second-order valence-electron chi connectivity index (χ2n) is 5.47. The van der Waals surface area contributed by atoms with Crippen LogP contribution in [0.25, 0.3) is 0 Å². The Bertz CT molecular complexity index is 520. The minimum atomic E-state index is 0.0399. The lowest BCUT2D eigenvalue weighted by Crippen LogP contribution is -2.31. The average molecular weight is 237 g/mol. The van der Waals surface area contributed by atoms with Crippen LogP contribution in [-0.4, -0.2) is 0 Å². The highest BCUT2D eigenvalue weighted by atomic mass is 14.4. The normalized spacial score (nSPS) is 30.1. The van der Waals surface area contributed by atoms with Gasteiger partial charge in [-0.05, 0) is 17.6 Å². The summed E-state index contributed by atoms with van der Waals surface area (Å²) in [6, 6.07) is 2.08. The van der Waals surface area contributed by atoms with Crippen molar-refractivity contribution < 1.29 is 0 Å². The fourth-order valence-corrected chi connectivity index (χ4v) is 2.90. The molecule has 0 saturated heterocycles. The van der Waals surface area contributed by atoms with Crippen LogP contribution in [-0.2, 0) is 0 Å². The molecule has 0 aromatic carbocycles. The summed E-state index contributed by atoms with van der Waals surface area (Å²) < 4.78 is 0. The van der Waals surface area contributed by atoms with Crippen LogP contribution in [0.4, 0.5) is 0 Å². The van der Waals surface area contributed by atoms with E-state index in [1.807, 2.05) is 6.08 Å². The third-order valence-corrected chi connectivity index (χ3v) is 3.79. The maximum absolute atomic E-state index is 8.72. The van der Waals surface area contributed by atoms with Crippen LogP contribution in [0.15, 0.2) is 59.8 Å². The maximum Gasteiger partial charge on any atom is 0.0912 e. The molecule has 18 heavy (non-hydrogen) atoms. The molecule has 0 fully saturated rings. The van der Waals surface area contributed by atoms with Gasteiger partial charge in [0, 0.05) is 17.4 Å². The van der Waals surface area contributed by atoms with Crippen LogP contribution in [0.1, 0.15) is 20.8 Å². The van der Waals surface area contributed by atoms with E-state index in [9.17, 15) is 0 Å². The molecular formula is C17H19N. The number of rotatable bonds is 2. The molecule has 0 amide bonds. The van der Waals surface area contributed by atoms with Crippen molar-refractivity contribution in [2.24, 2.45) is 17.3 Å². The molecule has 1 nitrogen and oxygen atoms in total. The van der Waals surface area contributed by atoms with Gasteiger partial charge in [0.05, 0.1) is 6.07 Å². The van der Waals surface area contributed by atoms with Gasteiger partial charge in [0.1, 0.15) is 0 Å². The van der Waals surface area contributed by atoms with Crippen LogP contribution >= 0.6 is 0 Å². The van der Waals surface area contributed by atoms with Crippen molar-refractivity contribution in [1.82, 2.24) is 0 Å². The zero-order valence-corrected chi connectivity index (χ0v) is 11.2. The Hall–Kier alpha value is -1.81. The third-order valence-electron chi connectivity index (χ3n) is 3.79. The number of allylic oxidation sites excluding steroid dienone is 10. The Morgan fingerprint density at radius 1 is 1.28 bits per heavy atom. The Morgan fingerprint density at radius 2 is 1.94 bits per heavy atom. The van der Waals surface area contributed by atoms with Crippen molar-refractivity contribution in [3.63, 3.8) is 0 Å². The quantitative estimate of drug-likeness (QED) is 0.655. The van der Waals surface area contributed by atoms with E-state index in [0.717, 1.165) is 0 Å². The van der Waals surface area contributed by atoms with Crippen LogP contribution in [0, 0.1) is 28.6 Å². The number of fused-ring (bicyclic) bond motifs is 1. The van der Waals surface area contributed by atoms with Crippen molar-refractivity contribution in [2.45, 2.75) is 20.8 Å². The first-order chi connectivity index (χ1) is 8.58. The number of hydrogen-bond acceptors (Lipinski definition) is 1. The molecule has 0 saturated carbocycles. The maximum atomic E-state index is 8.72. The highest BCUT2D eigenvalue weighted by Gasteiger charge is 2.37. The van der Waals surface area contributed by atoms with Gasteiger partial charge < -0.3 is 0 Å². The predicted octanol–water partition coefficient (Wildman–Crippen LogP) is 4.34. The molecule has 2 aliphatic rings. The summed E-state index contributed by atoms with van der Waals surface area (Å²) in [5, 5.41) is 8.72. The van der Waals surface area contributed by atoms with E-state index in [2.05, 4.69) is 63.3 Å². The van der Waals surface area contributed by atoms with Crippen LogP contribution in [0.2, 0.25) is 0 Å². The first-order valence-electron chi connectivity index (χ1n) is 6.43. The minimum Gasteiger partial charge on any atom is -0.193 e. The van der Waals surface area contributed by atoms with Gasteiger partial charge in [-0.15, -0.1) is 0 Å². The molecular weight excluding hydrogens is 218 g/mol. The SMILES string of the molecule is CC(C)C1=CC=CC2(C)C=CC=C(/C=C/C#N)C12. The van der Waals surface area contributed by atoms with Gasteiger partial charge in [-0.2, -0.15) is 5.26 Å². The van der Waals surface area contributed by atoms with Gasteiger partial charge >= 0.3 is 0 Å². The molecule has 0 spiro atoms. The molecule has 2 atom stereocenters. The molecule has 0 N–H and O–H groups in total. The number of hydrogen-bond donors (Lipinski definition) is 0. The van der Waals surface area contributed by atoms with Crippen LogP contribution in [0.3, 0.4) is 0 Å². The molecule has 2 aliphatic carbocycles. The molecule has 0 aliphatic heterocycles. The fraction of sp³-hybridized carbons (Fsp3) is 0.353. The lowest BCUT2D eigenvalue weighted by Gasteiger charge is -2.41. The van der Waals surface area contributed by atoms with Gasteiger partial charge in [0.25, 0.3) is 0 Å². The van der Waals surface area contributed by atoms with Gasteiger partial charge in [0.15, 0.2) is 0 Å². The van der Waals surface area contributed by atoms with E-state index in [4.69, 9.17) is 5.26 Å². The Labute approximate surface area is 110 Å². The Kier molecular flexibility index (Phi) is 3.39. The van der Waals surface area contributed by atoms with Gasteiger partial charge in [-0.3, -0.25) is 0 Å².